The van der Waals surface area contributed by atoms with E-state index in [4.69, 9.17) is 4.74 Å². The maximum absolute atomic E-state index is 13.4. The van der Waals surface area contributed by atoms with Crippen molar-refractivity contribution >= 4 is 29.6 Å². The minimum absolute atomic E-state index is 0.115. The van der Waals surface area contributed by atoms with E-state index in [-0.39, 0.29) is 11.3 Å². The molecule has 0 unspecified atom stereocenters. The van der Waals surface area contributed by atoms with Gasteiger partial charge in [0.2, 0.25) is 0 Å². The number of unbranched alkanes of at least 4 members (excludes halogenated alkanes) is 1. The number of anilines is 1. The average Bonchev–Trinajstić information content (AvgIpc) is 3.14. The van der Waals surface area contributed by atoms with Crippen LogP contribution in [0.4, 0.5) is 10.5 Å². The highest BCUT2D eigenvalue weighted by atomic mass is 16.5. The lowest BCUT2D eigenvalue weighted by molar-refractivity contribution is -0.122. The quantitative estimate of drug-likeness (QED) is 0.337. The van der Waals surface area contributed by atoms with E-state index in [0.717, 1.165) is 46.8 Å². The maximum atomic E-state index is 13.4. The van der Waals surface area contributed by atoms with Crippen LogP contribution in [0.3, 0.4) is 0 Å². The van der Waals surface area contributed by atoms with Crippen LogP contribution in [0.15, 0.2) is 60.2 Å². The minimum atomic E-state index is -0.803. The molecule has 36 heavy (non-hydrogen) atoms. The van der Waals surface area contributed by atoms with Gasteiger partial charge in [0.25, 0.3) is 11.8 Å². The molecule has 0 bridgehead atoms. The van der Waals surface area contributed by atoms with Crippen LogP contribution in [0, 0.1) is 13.8 Å². The number of carbonyl (C=O) groups is 3. The molecule has 4 rings (SSSR count). The van der Waals surface area contributed by atoms with Crippen molar-refractivity contribution in [2.24, 2.45) is 0 Å². The highest BCUT2D eigenvalue weighted by molar-refractivity contribution is 6.39. The second-order valence-electron chi connectivity index (χ2n) is 8.79. The molecular weight excluding hydrogens is 454 g/mol. The number of rotatable bonds is 8. The number of nitrogens with one attached hydrogen (secondary N) is 1. The van der Waals surface area contributed by atoms with Gasteiger partial charge in [-0.05, 0) is 81.1 Å². The predicted molar refractivity (Wildman–Crippen MR) is 140 cm³/mol. The second kappa shape index (κ2) is 10.6. The van der Waals surface area contributed by atoms with Crippen LogP contribution in [-0.4, -0.2) is 29.0 Å². The van der Waals surface area contributed by atoms with Gasteiger partial charge in [-0.1, -0.05) is 37.6 Å². The normalized spacial score (nSPS) is 14.9. The molecule has 0 saturated carbocycles. The molecule has 186 valence electrons. The highest BCUT2D eigenvalue weighted by Crippen LogP contribution is 2.32. The zero-order valence-electron chi connectivity index (χ0n) is 21.1. The molecule has 1 aliphatic heterocycles. The Morgan fingerprint density at radius 3 is 2.39 bits per heavy atom. The van der Waals surface area contributed by atoms with Gasteiger partial charge in [-0.15, -0.1) is 0 Å². The number of barbiturate groups is 1. The summed E-state index contributed by atoms with van der Waals surface area (Å²) in [7, 11) is 0. The number of hydrogen-bond donors (Lipinski definition) is 1. The number of aromatic nitrogens is 1. The molecule has 0 atom stereocenters. The zero-order valence-corrected chi connectivity index (χ0v) is 21.1. The molecule has 1 saturated heterocycles. The summed E-state index contributed by atoms with van der Waals surface area (Å²) in [5, 5.41) is 2.29. The summed E-state index contributed by atoms with van der Waals surface area (Å²) in [5.41, 5.74) is 5.07. The number of nitrogens with zero attached hydrogens (tertiary/aromatic N) is 2. The Morgan fingerprint density at radius 2 is 1.69 bits per heavy atom. The number of ether oxygens (including phenoxy) is 1. The monoisotopic (exact) mass is 485 g/mol. The first-order valence-electron chi connectivity index (χ1n) is 12.3. The summed E-state index contributed by atoms with van der Waals surface area (Å²) in [6.07, 6.45) is 4.91. The van der Waals surface area contributed by atoms with Gasteiger partial charge in [-0.3, -0.25) is 14.9 Å². The molecule has 4 amide bonds. The lowest BCUT2D eigenvalue weighted by atomic mass is 10.1. The Balaban J connectivity index is 1.70. The standard InChI is InChI=1S/C29H31N3O4/c1-5-7-10-21-13-15-23(16-14-21)31-19(3)17-22(20(31)4)18-24-27(33)30-29(35)32(28(24)34)25-11-8-9-12-26(25)36-6-2/h8-9,11-18H,5-7,10H2,1-4H3,(H,30,33,35)/b24-18+. The molecule has 1 aromatic heterocycles. The number of urea groups is 1. The van der Waals surface area contributed by atoms with Gasteiger partial charge >= 0.3 is 6.03 Å². The lowest BCUT2D eigenvalue weighted by Crippen LogP contribution is -2.54. The third kappa shape index (κ3) is 4.82. The second-order valence-corrected chi connectivity index (χ2v) is 8.79. The number of benzene rings is 2. The molecule has 2 aromatic carbocycles. The number of para-hydroxylation sites is 2. The third-order valence-corrected chi connectivity index (χ3v) is 6.29. The lowest BCUT2D eigenvalue weighted by Gasteiger charge is -2.27. The molecule has 1 N–H and O–H groups in total. The van der Waals surface area contributed by atoms with Crippen molar-refractivity contribution in [3.05, 3.63) is 82.7 Å². The van der Waals surface area contributed by atoms with Crippen LogP contribution in [0.5, 0.6) is 5.75 Å². The third-order valence-electron chi connectivity index (χ3n) is 6.29. The zero-order chi connectivity index (χ0) is 25.8. The van der Waals surface area contributed by atoms with E-state index in [2.05, 4.69) is 41.1 Å². The van der Waals surface area contributed by atoms with E-state index in [0.29, 0.717) is 12.4 Å². The van der Waals surface area contributed by atoms with E-state index in [1.165, 1.54) is 5.56 Å². The van der Waals surface area contributed by atoms with Crippen LogP contribution in [0.2, 0.25) is 0 Å². The van der Waals surface area contributed by atoms with Crippen molar-refractivity contribution < 1.29 is 19.1 Å². The molecule has 1 fully saturated rings. The van der Waals surface area contributed by atoms with Gasteiger partial charge in [0.05, 0.1) is 12.3 Å². The average molecular weight is 486 g/mol. The SMILES string of the molecule is CCCCc1ccc(-n2c(C)cc(/C=C3\C(=O)NC(=O)N(c4ccccc4OCC)C3=O)c2C)cc1. The molecule has 7 nitrogen and oxygen atoms in total. The number of carbonyl (C=O) groups excluding carboxylic acids is 3. The Morgan fingerprint density at radius 1 is 0.972 bits per heavy atom. The fourth-order valence-electron chi connectivity index (χ4n) is 4.47. The smallest absolute Gasteiger partial charge is 0.336 e. The van der Waals surface area contributed by atoms with Gasteiger partial charge in [-0.25, -0.2) is 9.69 Å². The van der Waals surface area contributed by atoms with Gasteiger partial charge in [0.15, 0.2) is 0 Å². The van der Waals surface area contributed by atoms with E-state index >= 15 is 0 Å². The molecule has 0 radical (unpaired) electrons. The van der Waals surface area contributed by atoms with Crippen molar-refractivity contribution in [2.45, 2.75) is 47.0 Å². The van der Waals surface area contributed by atoms with Crippen molar-refractivity contribution in [3.63, 3.8) is 0 Å². The summed E-state index contributed by atoms with van der Waals surface area (Å²) in [6.45, 7) is 8.30. The van der Waals surface area contributed by atoms with E-state index in [9.17, 15) is 14.4 Å². The molecule has 1 aliphatic rings. The molecule has 3 aromatic rings. The molecule has 0 aliphatic carbocycles. The van der Waals surface area contributed by atoms with Crippen molar-refractivity contribution in [2.75, 3.05) is 11.5 Å². The highest BCUT2D eigenvalue weighted by Gasteiger charge is 2.38. The van der Waals surface area contributed by atoms with Gasteiger partial charge < -0.3 is 9.30 Å². The molecule has 2 heterocycles. The fraction of sp³-hybridized carbons (Fsp3) is 0.276. The van der Waals surface area contributed by atoms with Crippen molar-refractivity contribution in [1.29, 1.82) is 0 Å². The summed E-state index contributed by atoms with van der Waals surface area (Å²) in [6, 6.07) is 16.3. The Hall–Kier alpha value is -4.13. The maximum Gasteiger partial charge on any atom is 0.336 e. The first kappa shape index (κ1) is 25.0. The topological polar surface area (TPSA) is 80.6 Å². The van der Waals surface area contributed by atoms with Gasteiger partial charge in [0.1, 0.15) is 11.3 Å². The van der Waals surface area contributed by atoms with Crippen molar-refractivity contribution in [1.82, 2.24) is 9.88 Å². The van der Waals surface area contributed by atoms with Crippen LogP contribution in [0.1, 0.15) is 49.2 Å². The van der Waals surface area contributed by atoms with Gasteiger partial charge in [-0.2, -0.15) is 0 Å². The summed E-state index contributed by atoms with van der Waals surface area (Å²) >= 11 is 0. The van der Waals surface area contributed by atoms with Crippen LogP contribution in [-0.2, 0) is 16.0 Å². The summed E-state index contributed by atoms with van der Waals surface area (Å²) < 4.78 is 7.69. The summed E-state index contributed by atoms with van der Waals surface area (Å²) in [4.78, 5) is 39.7. The molecule has 7 heteroatoms. The Kier molecular flexibility index (Phi) is 7.38. The van der Waals surface area contributed by atoms with Crippen LogP contribution in [0.25, 0.3) is 11.8 Å². The fourth-order valence-corrected chi connectivity index (χ4v) is 4.47. The van der Waals surface area contributed by atoms with Crippen LogP contribution < -0.4 is 15.0 Å². The van der Waals surface area contributed by atoms with Gasteiger partial charge in [0, 0.05) is 17.1 Å². The first-order valence-corrected chi connectivity index (χ1v) is 12.3. The van der Waals surface area contributed by atoms with E-state index in [1.807, 2.05) is 26.8 Å². The predicted octanol–water partition coefficient (Wildman–Crippen LogP) is 5.50. The Bertz CT molecular complexity index is 1340. The number of aryl methyl sites for hydroxylation is 2. The minimum Gasteiger partial charge on any atom is -0.492 e. The molecular formula is C29H31N3O4. The summed E-state index contributed by atoms with van der Waals surface area (Å²) in [5.74, 6) is -1.03. The molecule has 0 spiro atoms. The van der Waals surface area contributed by atoms with Crippen LogP contribution >= 0.6 is 0 Å². The Labute approximate surface area is 211 Å². The number of hydrogen-bond acceptors (Lipinski definition) is 4. The largest absolute Gasteiger partial charge is 0.492 e. The number of amides is 4. The van der Waals surface area contributed by atoms with E-state index < -0.39 is 17.8 Å². The number of imide groups is 2. The first-order chi connectivity index (χ1) is 17.3. The van der Waals surface area contributed by atoms with Crippen molar-refractivity contribution in [3.8, 4) is 11.4 Å². The van der Waals surface area contributed by atoms with E-state index in [1.54, 1.807) is 30.3 Å².